The van der Waals surface area contributed by atoms with Gasteiger partial charge in [-0.15, -0.1) is 6.58 Å². The van der Waals surface area contributed by atoms with E-state index in [0.717, 1.165) is 25.7 Å². The summed E-state index contributed by atoms with van der Waals surface area (Å²) in [5.41, 5.74) is 6.62. The first kappa shape index (κ1) is 16.2. The minimum atomic E-state index is -0.431. The molecule has 1 fully saturated rings. The van der Waals surface area contributed by atoms with E-state index in [-0.39, 0.29) is 11.8 Å². The van der Waals surface area contributed by atoms with Gasteiger partial charge in [0, 0.05) is 24.3 Å². The van der Waals surface area contributed by atoms with Crippen LogP contribution in [0.2, 0.25) is 0 Å². The van der Waals surface area contributed by atoms with E-state index in [4.69, 9.17) is 5.73 Å². The molecule has 0 atom stereocenters. The molecule has 5 nitrogen and oxygen atoms in total. The van der Waals surface area contributed by atoms with Gasteiger partial charge in [-0.1, -0.05) is 18.9 Å². The summed E-state index contributed by atoms with van der Waals surface area (Å²) in [6.45, 7) is 4.36. The molecule has 1 saturated carbocycles. The largest absolute Gasteiger partial charge is 0.349 e. The quantitative estimate of drug-likeness (QED) is 0.703. The van der Waals surface area contributed by atoms with Crippen molar-refractivity contribution in [2.45, 2.75) is 25.7 Å². The minimum Gasteiger partial charge on any atom is -0.349 e. The second kappa shape index (κ2) is 7.22. The predicted molar refractivity (Wildman–Crippen MR) is 87.6 cm³/mol. The van der Waals surface area contributed by atoms with Crippen molar-refractivity contribution in [3.8, 4) is 0 Å². The Morgan fingerprint density at radius 3 is 2.41 bits per heavy atom. The zero-order valence-corrected chi connectivity index (χ0v) is 12.7. The molecule has 5 heteroatoms. The lowest BCUT2D eigenvalue weighted by molar-refractivity contribution is -0.124. The molecule has 0 unspecified atom stereocenters. The molecule has 0 heterocycles. The van der Waals surface area contributed by atoms with E-state index < -0.39 is 5.41 Å². The van der Waals surface area contributed by atoms with Crippen LogP contribution >= 0.6 is 0 Å². The molecule has 118 valence electrons. The van der Waals surface area contributed by atoms with Gasteiger partial charge in [-0.3, -0.25) is 9.59 Å². The fourth-order valence-corrected chi connectivity index (χ4v) is 2.81. The molecular weight excluding hydrogens is 278 g/mol. The van der Waals surface area contributed by atoms with Gasteiger partial charge in [0.2, 0.25) is 5.91 Å². The molecule has 0 spiro atoms. The lowest BCUT2D eigenvalue weighted by Crippen LogP contribution is -2.40. The lowest BCUT2D eigenvalue weighted by atomic mass is 9.85. The molecule has 1 aliphatic rings. The van der Waals surface area contributed by atoms with Crippen LogP contribution in [0.1, 0.15) is 36.0 Å². The standard InChI is InChI=1S/C17H23N3O2/c1-2-11-19-15(21)13-5-7-14(8-6-13)20-16(22)17(12-18)9-3-4-10-17/h2,5-8H,1,3-4,9-12,18H2,(H,19,21)(H,20,22). The molecule has 0 aliphatic heterocycles. The van der Waals surface area contributed by atoms with Gasteiger partial charge in [-0.25, -0.2) is 0 Å². The third kappa shape index (κ3) is 3.54. The number of amides is 2. The van der Waals surface area contributed by atoms with Gasteiger partial charge in [0.05, 0.1) is 5.41 Å². The number of carbonyl (C=O) groups is 2. The van der Waals surface area contributed by atoms with Gasteiger partial charge in [-0.05, 0) is 37.1 Å². The van der Waals surface area contributed by atoms with Crippen LogP contribution in [0.4, 0.5) is 5.69 Å². The zero-order chi connectivity index (χ0) is 16.0. The summed E-state index contributed by atoms with van der Waals surface area (Å²) in [5.74, 6) is -0.177. The normalized spacial score (nSPS) is 16.0. The molecule has 1 aliphatic carbocycles. The fourth-order valence-electron chi connectivity index (χ4n) is 2.81. The van der Waals surface area contributed by atoms with Crippen LogP contribution < -0.4 is 16.4 Å². The van der Waals surface area contributed by atoms with Crippen LogP contribution in [0.3, 0.4) is 0 Å². The van der Waals surface area contributed by atoms with Crippen molar-refractivity contribution in [1.82, 2.24) is 5.32 Å². The summed E-state index contributed by atoms with van der Waals surface area (Å²) < 4.78 is 0. The number of carbonyl (C=O) groups excluding carboxylic acids is 2. The molecule has 0 radical (unpaired) electrons. The number of anilines is 1. The summed E-state index contributed by atoms with van der Waals surface area (Å²) in [4.78, 5) is 24.2. The van der Waals surface area contributed by atoms with Crippen molar-refractivity contribution >= 4 is 17.5 Å². The summed E-state index contributed by atoms with van der Waals surface area (Å²) in [6.07, 6.45) is 5.41. The van der Waals surface area contributed by atoms with Crippen LogP contribution in [-0.4, -0.2) is 24.9 Å². The number of benzene rings is 1. The van der Waals surface area contributed by atoms with E-state index in [9.17, 15) is 9.59 Å². The first-order valence-electron chi connectivity index (χ1n) is 7.62. The van der Waals surface area contributed by atoms with Crippen LogP contribution in [0.15, 0.2) is 36.9 Å². The van der Waals surface area contributed by atoms with Crippen molar-refractivity contribution in [3.05, 3.63) is 42.5 Å². The van der Waals surface area contributed by atoms with E-state index >= 15 is 0 Å². The van der Waals surface area contributed by atoms with Crippen LogP contribution in [-0.2, 0) is 4.79 Å². The van der Waals surface area contributed by atoms with Gasteiger partial charge in [0.15, 0.2) is 0 Å². The highest BCUT2D eigenvalue weighted by Gasteiger charge is 2.39. The Balaban J connectivity index is 2.00. The van der Waals surface area contributed by atoms with E-state index in [0.29, 0.717) is 24.3 Å². The molecular formula is C17H23N3O2. The lowest BCUT2D eigenvalue weighted by Gasteiger charge is -2.25. The van der Waals surface area contributed by atoms with Crippen LogP contribution in [0.25, 0.3) is 0 Å². The summed E-state index contributed by atoms with van der Waals surface area (Å²) in [6, 6.07) is 6.86. The van der Waals surface area contributed by atoms with Gasteiger partial charge in [0.25, 0.3) is 5.91 Å². The van der Waals surface area contributed by atoms with E-state index in [1.54, 1.807) is 30.3 Å². The zero-order valence-electron chi connectivity index (χ0n) is 12.7. The van der Waals surface area contributed by atoms with Crippen molar-refractivity contribution in [1.29, 1.82) is 0 Å². The number of hydrogen-bond donors (Lipinski definition) is 3. The molecule has 0 bridgehead atoms. The predicted octanol–water partition coefficient (Wildman–Crippen LogP) is 2.06. The average Bonchev–Trinajstić information content (AvgIpc) is 3.03. The molecule has 4 N–H and O–H groups in total. The van der Waals surface area contributed by atoms with E-state index in [2.05, 4.69) is 17.2 Å². The molecule has 1 aromatic carbocycles. The van der Waals surface area contributed by atoms with Gasteiger partial charge in [0.1, 0.15) is 0 Å². The second-order valence-electron chi connectivity index (χ2n) is 5.72. The van der Waals surface area contributed by atoms with Crippen molar-refractivity contribution in [2.75, 3.05) is 18.4 Å². The van der Waals surface area contributed by atoms with Crippen LogP contribution in [0, 0.1) is 5.41 Å². The Hall–Kier alpha value is -2.14. The van der Waals surface area contributed by atoms with Gasteiger partial charge < -0.3 is 16.4 Å². The molecule has 22 heavy (non-hydrogen) atoms. The van der Waals surface area contributed by atoms with E-state index in [1.165, 1.54) is 0 Å². The maximum atomic E-state index is 12.4. The average molecular weight is 301 g/mol. The Bertz CT molecular complexity index is 546. The Morgan fingerprint density at radius 2 is 1.86 bits per heavy atom. The highest BCUT2D eigenvalue weighted by atomic mass is 16.2. The highest BCUT2D eigenvalue weighted by Crippen LogP contribution is 2.38. The summed E-state index contributed by atoms with van der Waals surface area (Å²) in [5, 5.41) is 5.63. The number of hydrogen-bond acceptors (Lipinski definition) is 3. The second-order valence-corrected chi connectivity index (χ2v) is 5.72. The first-order chi connectivity index (χ1) is 10.6. The number of nitrogens with one attached hydrogen (secondary N) is 2. The fraction of sp³-hybridized carbons (Fsp3) is 0.412. The summed E-state index contributed by atoms with van der Waals surface area (Å²) in [7, 11) is 0. The Morgan fingerprint density at radius 1 is 1.23 bits per heavy atom. The maximum Gasteiger partial charge on any atom is 0.251 e. The molecule has 1 aromatic rings. The first-order valence-corrected chi connectivity index (χ1v) is 7.62. The van der Waals surface area contributed by atoms with Crippen molar-refractivity contribution in [2.24, 2.45) is 11.1 Å². The number of nitrogens with two attached hydrogens (primary N) is 1. The molecule has 0 aromatic heterocycles. The highest BCUT2D eigenvalue weighted by molar-refractivity contribution is 5.97. The van der Waals surface area contributed by atoms with Gasteiger partial charge in [-0.2, -0.15) is 0 Å². The van der Waals surface area contributed by atoms with Crippen molar-refractivity contribution < 1.29 is 9.59 Å². The smallest absolute Gasteiger partial charge is 0.251 e. The Labute approximate surface area is 131 Å². The topological polar surface area (TPSA) is 84.2 Å². The third-order valence-corrected chi connectivity index (χ3v) is 4.24. The van der Waals surface area contributed by atoms with E-state index in [1.807, 2.05) is 0 Å². The summed E-state index contributed by atoms with van der Waals surface area (Å²) >= 11 is 0. The number of rotatable bonds is 6. The Kier molecular flexibility index (Phi) is 5.33. The molecule has 2 rings (SSSR count). The molecule has 0 saturated heterocycles. The van der Waals surface area contributed by atoms with Crippen molar-refractivity contribution in [3.63, 3.8) is 0 Å². The minimum absolute atomic E-state index is 0.0173. The maximum absolute atomic E-state index is 12.4. The monoisotopic (exact) mass is 301 g/mol. The molecule has 2 amide bonds. The SMILES string of the molecule is C=CCNC(=O)c1ccc(NC(=O)C2(CN)CCCC2)cc1. The van der Waals surface area contributed by atoms with Crippen LogP contribution in [0.5, 0.6) is 0 Å². The third-order valence-electron chi connectivity index (χ3n) is 4.24. The van der Waals surface area contributed by atoms with Gasteiger partial charge >= 0.3 is 0 Å².